The fourth-order valence-corrected chi connectivity index (χ4v) is 1.69. The van der Waals surface area contributed by atoms with Gasteiger partial charge in [-0.3, -0.25) is 0 Å². The van der Waals surface area contributed by atoms with Gasteiger partial charge in [-0.2, -0.15) is 0 Å². The Labute approximate surface area is 81.3 Å². The highest BCUT2D eigenvalue weighted by atomic mass is 16.5. The third-order valence-corrected chi connectivity index (χ3v) is 2.47. The molecule has 0 bridgehead atoms. The molecule has 4 heteroatoms. The lowest BCUT2D eigenvalue weighted by Crippen LogP contribution is -2.10. The molecule has 74 valence electrons. The first-order chi connectivity index (χ1) is 6.61. The zero-order valence-corrected chi connectivity index (χ0v) is 7.78. The number of benzene rings is 1. The van der Waals surface area contributed by atoms with E-state index < -0.39 is 5.97 Å². The summed E-state index contributed by atoms with van der Waals surface area (Å²) in [6.07, 6.45) is 0. The van der Waals surface area contributed by atoms with E-state index in [-0.39, 0.29) is 11.6 Å². The second-order valence-corrected chi connectivity index (χ2v) is 3.38. The molecule has 1 heterocycles. The van der Waals surface area contributed by atoms with Crippen LogP contribution >= 0.6 is 0 Å². The van der Waals surface area contributed by atoms with Crippen molar-refractivity contribution in [1.29, 1.82) is 0 Å². The van der Waals surface area contributed by atoms with Crippen LogP contribution in [-0.2, 0) is 0 Å². The summed E-state index contributed by atoms with van der Waals surface area (Å²) in [6.45, 7) is 2.17. The Morgan fingerprint density at radius 2 is 2.36 bits per heavy atom. The summed E-state index contributed by atoms with van der Waals surface area (Å²) in [5, 5.41) is 8.88. The highest BCUT2D eigenvalue weighted by molar-refractivity contribution is 5.90. The van der Waals surface area contributed by atoms with E-state index in [0.29, 0.717) is 17.9 Å². The van der Waals surface area contributed by atoms with E-state index in [0.717, 1.165) is 5.56 Å². The van der Waals surface area contributed by atoms with E-state index in [1.807, 2.05) is 0 Å². The number of hydrogen-bond donors (Lipinski definition) is 2. The minimum absolute atomic E-state index is 0.133. The molecule has 3 N–H and O–H groups in total. The summed E-state index contributed by atoms with van der Waals surface area (Å²) in [4.78, 5) is 10.8. The van der Waals surface area contributed by atoms with E-state index in [1.165, 1.54) is 0 Å². The average Bonchev–Trinajstić information content (AvgIpc) is 2.49. The minimum atomic E-state index is -0.936. The second kappa shape index (κ2) is 2.99. The Bertz CT molecular complexity index is 401. The molecule has 0 amide bonds. The first-order valence-electron chi connectivity index (χ1n) is 4.36. The molecule has 1 unspecified atom stereocenters. The quantitative estimate of drug-likeness (QED) is 0.700. The first kappa shape index (κ1) is 9.02. The summed E-state index contributed by atoms with van der Waals surface area (Å²) in [5.41, 5.74) is 7.60. The predicted octanol–water partition coefficient (Wildman–Crippen LogP) is 1.09. The van der Waals surface area contributed by atoms with E-state index in [1.54, 1.807) is 19.1 Å². The van der Waals surface area contributed by atoms with Crippen molar-refractivity contribution in [3.8, 4) is 5.75 Å². The summed E-state index contributed by atoms with van der Waals surface area (Å²) < 4.78 is 5.34. The molecule has 0 spiro atoms. The predicted molar refractivity (Wildman–Crippen MR) is 50.6 cm³/mol. The van der Waals surface area contributed by atoms with Crippen LogP contribution in [-0.4, -0.2) is 17.7 Å². The summed E-state index contributed by atoms with van der Waals surface area (Å²) in [5.74, 6) is -0.299. The average molecular weight is 193 g/mol. The fourth-order valence-electron chi connectivity index (χ4n) is 1.69. The molecule has 0 saturated heterocycles. The number of nitrogens with two attached hydrogens (primary N) is 1. The standard InChI is InChI=1S/C10H11NO3/c1-5-6(10(12)13)2-3-7-8(11)4-14-9(5)7/h2-3,8H,4,11H2,1H3,(H,12,13). The molecule has 0 aliphatic carbocycles. The molecular formula is C10H11NO3. The van der Waals surface area contributed by atoms with E-state index >= 15 is 0 Å². The van der Waals surface area contributed by atoms with Crippen LogP contribution in [0.3, 0.4) is 0 Å². The summed E-state index contributed by atoms with van der Waals surface area (Å²) in [7, 11) is 0. The fraction of sp³-hybridized carbons (Fsp3) is 0.300. The van der Waals surface area contributed by atoms with Gasteiger partial charge in [-0.05, 0) is 13.0 Å². The number of carboxylic acids is 1. The molecule has 1 aromatic carbocycles. The zero-order valence-electron chi connectivity index (χ0n) is 7.78. The number of hydrogen-bond acceptors (Lipinski definition) is 3. The van der Waals surface area contributed by atoms with Crippen molar-refractivity contribution in [3.63, 3.8) is 0 Å². The lowest BCUT2D eigenvalue weighted by atomic mass is 10.0. The monoisotopic (exact) mass is 193 g/mol. The minimum Gasteiger partial charge on any atom is -0.491 e. The zero-order chi connectivity index (χ0) is 10.3. The van der Waals surface area contributed by atoms with Gasteiger partial charge in [0.05, 0.1) is 11.6 Å². The lowest BCUT2D eigenvalue weighted by molar-refractivity contribution is 0.0695. The molecule has 1 aromatic rings. The number of ether oxygens (including phenoxy) is 1. The van der Waals surface area contributed by atoms with Gasteiger partial charge >= 0.3 is 5.97 Å². The van der Waals surface area contributed by atoms with Gasteiger partial charge in [-0.25, -0.2) is 4.79 Å². The number of carboxylic acid groups (broad SMARTS) is 1. The highest BCUT2D eigenvalue weighted by Gasteiger charge is 2.24. The van der Waals surface area contributed by atoms with Crippen LogP contribution in [0.1, 0.15) is 27.5 Å². The maximum Gasteiger partial charge on any atom is 0.336 e. The molecule has 4 nitrogen and oxygen atoms in total. The van der Waals surface area contributed by atoms with Gasteiger partial charge in [-0.1, -0.05) is 6.07 Å². The number of rotatable bonds is 1. The van der Waals surface area contributed by atoms with Crippen molar-refractivity contribution in [3.05, 3.63) is 28.8 Å². The Hall–Kier alpha value is -1.55. The van der Waals surface area contributed by atoms with Crippen molar-refractivity contribution >= 4 is 5.97 Å². The molecule has 0 radical (unpaired) electrons. The third kappa shape index (κ3) is 1.15. The van der Waals surface area contributed by atoms with Crippen LogP contribution in [0.25, 0.3) is 0 Å². The van der Waals surface area contributed by atoms with Crippen molar-refractivity contribution in [2.24, 2.45) is 5.73 Å². The Morgan fingerprint density at radius 3 is 3.00 bits per heavy atom. The number of aromatic carboxylic acids is 1. The molecule has 14 heavy (non-hydrogen) atoms. The van der Waals surface area contributed by atoms with Crippen LogP contribution in [0, 0.1) is 6.92 Å². The van der Waals surface area contributed by atoms with Crippen LogP contribution in [0.4, 0.5) is 0 Å². The van der Waals surface area contributed by atoms with Gasteiger partial charge in [-0.15, -0.1) is 0 Å². The van der Waals surface area contributed by atoms with Gasteiger partial charge in [0, 0.05) is 11.1 Å². The first-order valence-corrected chi connectivity index (χ1v) is 4.36. The molecule has 2 rings (SSSR count). The van der Waals surface area contributed by atoms with Crippen LogP contribution in [0.2, 0.25) is 0 Å². The van der Waals surface area contributed by atoms with Gasteiger partial charge < -0.3 is 15.6 Å². The van der Waals surface area contributed by atoms with Gasteiger partial charge in [0.1, 0.15) is 12.4 Å². The Balaban J connectivity index is 2.58. The molecular weight excluding hydrogens is 182 g/mol. The van der Waals surface area contributed by atoms with Gasteiger partial charge in [0.2, 0.25) is 0 Å². The van der Waals surface area contributed by atoms with Crippen molar-refractivity contribution < 1.29 is 14.6 Å². The van der Waals surface area contributed by atoms with Gasteiger partial charge in [0.15, 0.2) is 0 Å². The number of fused-ring (bicyclic) bond motifs is 1. The Morgan fingerprint density at radius 1 is 1.64 bits per heavy atom. The number of carbonyl (C=O) groups is 1. The maximum atomic E-state index is 10.8. The molecule has 1 aliphatic heterocycles. The lowest BCUT2D eigenvalue weighted by Gasteiger charge is -2.06. The second-order valence-electron chi connectivity index (χ2n) is 3.38. The molecule has 0 fully saturated rings. The molecule has 0 saturated carbocycles. The topological polar surface area (TPSA) is 72.5 Å². The van der Waals surface area contributed by atoms with Crippen LogP contribution in [0.15, 0.2) is 12.1 Å². The smallest absolute Gasteiger partial charge is 0.336 e. The summed E-state index contributed by atoms with van der Waals surface area (Å²) >= 11 is 0. The maximum absolute atomic E-state index is 10.8. The highest BCUT2D eigenvalue weighted by Crippen LogP contribution is 2.35. The molecule has 0 aromatic heterocycles. The van der Waals surface area contributed by atoms with Crippen LogP contribution in [0.5, 0.6) is 5.75 Å². The van der Waals surface area contributed by atoms with Crippen molar-refractivity contribution in [2.75, 3.05) is 6.61 Å². The van der Waals surface area contributed by atoms with E-state index in [9.17, 15) is 4.79 Å². The van der Waals surface area contributed by atoms with Crippen LogP contribution < -0.4 is 10.5 Å². The molecule has 1 aliphatic rings. The SMILES string of the molecule is Cc1c(C(=O)O)ccc2c1OCC2N. The molecule has 1 atom stereocenters. The Kier molecular flexibility index (Phi) is 1.93. The normalized spacial score (nSPS) is 18.9. The van der Waals surface area contributed by atoms with E-state index in [2.05, 4.69) is 0 Å². The van der Waals surface area contributed by atoms with E-state index in [4.69, 9.17) is 15.6 Å². The largest absolute Gasteiger partial charge is 0.491 e. The van der Waals surface area contributed by atoms with Gasteiger partial charge in [0.25, 0.3) is 0 Å². The van der Waals surface area contributed by atoms with Crippen molar-refractivity contribution in [2.45, 2.75) is 13.0 Å². The summed E-state index contributed by atoms with van der Waals surface area (Å²) in [6, 6.07) is 3.17. The third-order valence-electron chi connectivity index (χ3n) is 2.47. The van der Waals surface area contributed by atoms with Crippen molar-refractivity contribution in [1.82, 2.24) is 0 Å².